The molecule has 0 spiro atoms. The number of hydrogen-bond acceptors (Lipinski definition) is 2. The van der Waals surface area contributed by atoms with Gasteiger partial charge in [0, 0.05) is 31.3 Å². The molecule has 0 aliphatic rings. The lowest BCUT2D eigenvalue weighted by atomic mass is 9.86. The van der Waals surface area contributed by atoms with Gasteiger partial charge in [0.1, 0.15) is 0 Å². The molecule has 0 aliphatic carbocycles. The fourth-order valence-corrected chi connectivity index (χ4v) is 3.22. The molecule has 0 saturated carbocycles. The number of nitrogens with zero attached hydrogens (tertiary/aromatic N) is 1. The Kier molecular flexibility index (Phi) is 6.15. The smallest absolute Gasteiger partial charge is 0.220 e. The van der Waals surface area contributed by atoms with Gasteiger partial charge in [0.15, 0.2) is 0 Å². The van der Waals surface area contributed by atoms with E-state index in [0.717, 1.165) is 12.0 Å². The minimum Gasteiger partial charge on any atom is -0.356 e. The lowest BCUT2D eigenvalue weighted by Crippen LogP contribution is -2.27. The SMILES string of the molecule is Cc1ccccc1[C@@H](CC(=O)NCCc1cccnc1)c1ccccc1. The van der Waals surface area contributed by atoms with Crippen molar-refractivity contribution in [3.8, 4) is 0 Å². The topological polar surface area (TPSA) is 42.0 Å². The molecule has 0 bridgehead atoms. The molecule has 0 aliphatic heterocycles. The Labute approximate surface area is 155 Å². The first-order valence-electron chi connectivity index (χ1n) is 9.00. The van der Waals surface area contributed by atoms with Crippen LogP contribution in [0.4, 0.5) is 0 Å². The second-order valence-corrected chi connectivity index (χ2v) is 6.49. The maximum Gasteiger partial charge on any atom is 0.220 e. The number of hydrogen-bond donors (Lipinski definition) is 1. The van der Waals surface area contributed by atoms with Crippen LogP contribution in [0.2, 0.25) is 0 Å². The van der Waals surface area contributed by atoms with E-state index in [9.17, 15) is 4.79 Å². The molecule has 1 atom stereocenters. The van der Waals surface area contributed by atoms with Gasteiger partial charge in [0.05, 0.1) is 0 Å². The first kappa shape index (κ1) is 17.9. The van der Waals surface area contributed by atoms with Gasteiger partial charge >= 0.3 is 0 Å². The molecule has 1 heterocycles. The molecule has 1 N–H and O–H groups in total. The second-order valence-electron chi connectivity index (χ2n) is 6.49. The molecule has 0 unspecified atom stereocenters. The summed E-state index contributed by atoms with van der Waals surface area (Å²) in [4.78, 5) is 16.7. The molecule has 3 rings (SSSR count). The highest BCUT2D eigenvalue weighted by atomic mass is 16.1. The number of benzene rings is 2. The molecular weight excluding hydrogens is 320 g/mol. The molecule has 0 fully saturated rings. The van der Waals surface area contributed by atoms with Crippen LogP contribution < -0.4 is 5.32 Å². The molecule has 2 aromatic carbocycles. The monoisotopic (exact) mass is 344 g/mol. The summed E-state index contributed by atoms with van der Waals surface area (Å²) in [6, 6.07) is 22.5. The fourth-order valence-electron chi connectivity index (χ4n) is 3.22. The van der Waals surface area contributed by atoms with Crippen LogP contribution in [0.15, 0.2) is 79.1 Å². The molecular formula is C23H24N2O. The van der Waals surface area contributed by atoms with Gasteiger partial charge in [-0.3, -0.25) is 9.78 Å². The molecule has 0 saturated heterocycles. The molecule has 1 aromatic heterocycles. The van der Waals surface area contributed by atoms with E-state index in [4.69, 9.17) is 0 Å². The van der Waals surface area contributed by atoms with E-state index in [-0.39, 0.29) is 11.8 Å². The summed E-state index contributed by atoms with van der Waals surface area (Å²) in [6.07, 6.45) is 4.84. The number of pyridine rings is 1. The molecule has 1 amide bonds. The summed E-state index contributed by atoms with van der Waals surface area (Å²) in [5.41, 5.74) is 4.72. The van der Waals surface area contributed by atoms with E-state index >= 15 is 0 Å². The summed E-state index contributed by atoms with van der Waals surface area (Å²) >= 11 is 0. The second kappa shape index (κ2) is 8.95. The van der Waals surface area contributed by atoms with E-state index in [0.29, 0.717) is 13.0 Å². The van der Waals surface area contributed by atoms with Gasteiger partial charge in [-0.1, -0.05) is 60.7 Å². The van der Waals surface area contributed by atoms with Crippen molar-refractivity contribution in [2.75, 3.05) is 6.54 Å². The zero-order chi connectivity index (χ0) is 18.2. The maximum atomic E-state index is 12.6. The Morgan fingerprint density at radius 2 is 1.77 bits per heavy atom. The summed E-state index contributed by atoms with van der Waals surface area (Å²) in [5.74, 6) is 0.141. The Morgan fingerprint density at radius 3 is 2.50 bits per heavy atom. The van der Waals surface area contributed by atoms with Gasteiger partial charge in [-0.2, -0.15) is 0 Å². The maximum absolute atomic E-state index is 12.6. The normalized spacial score (nSPS) is 11.7. The Hall–Kier alpha value is -2.94. The predicted octanol–water partition coefficient (Wildman–Crippen LogP) is 4.27. The number of nitrogens with one attached hydrogen (secondary N) is 1. The number of rotatable bonds is 7. The highest BCUT2D eigenvalue weighted by Crippen LogP contribution is 2.30. The Balaban J connectivity index is 1.68. The van der Waals surface area contributed by atoms with Crippen LogP contribution in [0, 0.1) is 6.92 Å². The number of aromatic nitrogens is 1. The number of carbonyl (C=O) groups is 1. The van der Waals surface area contributed by atoms with Gasteiger partial charge in [-0.25, -0.2) is 0 Å². The van der Waals surface area contributed by atoms with E-state index in [1.54, 1.807) is 6.20 Å². The average molecular weight is 344 g/mol. The van der Waals surface area contributed by atoms with Crippen molar-refractivity contribution in [3.63, 3.8) is 0 Å². The average Bonchev–Trinajstić information content (AvgIpc) is 2.68. The Morgan fingerprint density at radius 1 is 1.00 bits per heavy atom. The summed E-state index contributed by atoms with van der Waals surface area (Å²) in [5, 5.41) is 3.05. The van der Waals surface area contributed by atoms with Crippen molar-refractivity contribution < 1.29 is 4.79 Å². The molecule has 26 heavy (non-hydrogen) atoms. The van der Waals surface area contributed by atoms with E-state index in [1.165, 1.54) is 16.7 Å². The lowest BCUT2D eigenvalue weighted by Gasteiger charge is -2.20. The van der Waals surface area contributed by atoms with Crippen LogP contribution in [0.25, 0.3) is 0 Å². The molecule has 0 radical (unpaired) electrons. The summed E-state index contributed by atoms with van der Waals surface area (Å²) < 4.78 is 0. The van der Waals surface area contributed by atoms with E-state index < -0.39 is 0 Å². The van der Waals surface area contributed by atoms with Crippen LogP contribution in [0.1, 0.15) is 34.6 Å². The number of amides is 1. The van der Waals surface area contributed by atoms with Crippen molar-refractivity contribution in [3.05, 3.63) is 101 Å². The highest BCUT2D eigenvalue weighted by molar-refractivity contribution is 5.77. The number of carbonyl (C=O) groups excluding carboxylic acids is 1. The van der Waals surface area contributed by atoms with Crippen LogP contribution in [0.3, 0.4) is 0 Å². The van der Waals surface area contributed by atoms with Gasteiger partial charge in [-0.05, 0) is 41.7 Å². The van der Waals surface area contributed by atoms with Crippen LogP contribution in [-0.2, 0) is 11.2 Å². The van der Waals surface area contributed by atoms with Crippen molar-refractivity contribution in [2.45, 2.75) is 25.7 Å². The van der Waals surface area contributed by atoms with Gasteiger partial charge < -0.3 is 5.32 Å². The summed E-state index contributed by atoms with van der Waals surface area (Å²) in [6.45, 7) is 2.73. The van der Waals surface area contributed by atoms with Gasteiger partial charge in [-0.15, -0.1) is 0 Å². The third-order valence-corrected chi connectivity index (χ3v) is 4.61. The van der Waals surface area contributed by atoms with Crippen molar-refractivity contribution >= 4 is 5.91 Å². The van der Waals surface area contributed by atoms with Crippen molar-refractivity contribution in [1.82, 2.24) is 10.3 Å². The first-order valence-corrected chi connectivity index (χ1v) is 9.00. The highest BCUT2D eigenvalue weighted by Gasteiger charge is 2.19. The zero-order valence-electron chi connectivity index (χ0n) is 15.1. The van der Waals surface area contributed by atoms with Crippen LogP contribution >= 0.6 is 0 Å². The van der Waals surface area contributed by atoms with Crippen molar-refractivity contribution in [1.29, 1.82) is 0 Å². The molecule has 132 valence electrons. The van der Waals surface area contributed by atoms with E-state index in [2.05, 4.69) is 41.5 Å². The van der Waals surface area contributed by atoms with Gasteiger partial charge in [0.25, 0.3) is 0 Å². The van der Waals surface area contributed by atoms with E-state index in [1.807, 2.05) is 48.7 Å². The minimum atomic E-state index is 0.0655. The molecule has 3 heteroatoms. The molecule has 3 aromatic rings. The third kappa shape index (κ3) is 4.79. The Bertz CT molecular complexity index is 831. The predicted molar refractivity (Wildman–Crippen MR) is 105 cm³/mol. The standard InChI is InChI=1S/C23H24N2O/c1-18-8-5-6-12-21(18)22(20-10-3-2-4-11-20)16-23(26)25-15-13-19-9-7-14-24-17-19/h2-12,14,17,22H,13,15-16H2,1H3,(H,25,26)/t22-/m0/s1. The number of aryl methyl sites for hydroxylation is 1. The molecule has 3 nitrogen and oxygen atoms in total. The third-order valence-electron chi connectivity index (χ3n) is 4.61. The first-order chi connectivity index (χ1) is 12.7. The van der Waals surface area contributed by atoms with Crippen LogP contribution in [0.5, 0.6) is 0 Å². The van der Waals surface area contributed by atoms with Crippen LogP contribution in [-0.4, -0.2) is 17.4 Å². The zero-order valence-corrected chi connectivity index (χ0v) is 15.1. The fraction of sp³-hybridized carbons (Fsp3) is 0.217. The largest absolute Gasteiger partial charge is 0.356 e. The van der Waals surface area contributed by atoms with Crippen molar-refractivity contribution in [2.24, 2.45) is 0 Å². The lowest BCUT2D eigenvalue weighted by molar-refractivity contribution is -0.121. The quantitative estimate of drug-likeness (QED) is 0.695. The summed E-state index contributed by atoms with van der Waals surface area (Å²) in [7, 11) is 0. The minimum absolute atomic E-state index is 0.0655. The van der Waals surface area contributed by atoms with Gasteiger partial charge in [0.2, 0.25) is 5.91 Å².